The SMILES string of the molecule is CN(C1CCCCC1)S(=O)(=O)c1ccc(NS(=O)(=O)c2ccc3c4c(cccc24)C(=O)N3)cc1. The summed E-state index contributed by atoms with van der Waals surface area (Å²) in [4.78, 5) is 12.3. The molecule has 1 aliphatic carbocycles. The minimum atomic E-state index is -3.99. The van der Waals surface area contributed by atoms with Gasteiger partial charge in [-0.1, -0.05) is 31.4 Å². The summed E-state index contributed by atoms with van der Waals surface area (Å²) in [5, 5.41) is 3.75. The van der Waals surface area contributed by atoms with E-state index < -0.39 is 20.0 Å². The number of rotatable bonds is 6. The zero-order chi connectivity index (χ0) is 24.1. The van der Waals surface area contributed by atoms with E-state index in [0.717, 1.165) is 32.1 Å². The van der Waals surface area contributed by atoms with E-state index in [1.165, 1.54) is 34.6 Å². The first-order chi connectivity index (χ1) is 16.2. The molecule has 3 aromatic carbocycles. The number of carbonyl (C=O) groups excluding carboxylic acids is 1. The molecule has 0 atom stereocenters. The molecule has 34 heavy (non-hydrogen) atoms. The topological polar surface area (TPSA) is 113 Å². The van der Waals surface area contributed by atoms with Crippen molar-refractivity contribution in [2.24, 2.45) is 0 Å². The minimum absolute atomic E-state index is 0.0120. The highest BCUT2D eigenvalue weighted by Crippen LogP contribution is 2.37. The normalized spacial score (nSPS) is 16.7. The fourth-order valence-electron chi connectivity index (χ4n) is 4.81. The molecule has 0 saturated heterocycles. The molecule has 0 spiro atoms. The van der Waals surface area contributed by atoms with Crippen molar-refractivity contribution in [1.29, 1.82) is 0 Å². The fraction of sp³-hybridized carbons (Fsp3) is 0.292. The number of benzene rings is 3. The molecule has 0 bridgehead atoms. The number of hydrogen-bond donors (Lipinski definition) is 2. The van der Waals surface area contributed by atoms with Gasteiger partial charge in [-0.15, -0.1) is 0 Å². The Morgan fingerprint density at radius 2 is 1.62 bits per heavy atom. The molecule has 0 radical (unpaired) electrons. The molecular weight excluding hydrogens is 474 g/mol. The number of nitrogens with zero attached hydrogens (tertiary/aromatic N) is 1. The van der Waals surface area contributed by atoms with Gasteiger partial charge in [0, 0.05) is 40.8 Å². The third kappa shape index (κ3) is 3.85. The van der Waals surface area contributed by atoms with Gasteiger partial charge >= 0.3 is 0 Å². The maximum absolute atomic E-state index is 13.2. The summed E-state index contributed by atoms with van der Waals surface area (Å²) < 4.78 is 56.4. The van der Waals surface area contributed by atoms with Gasteiger partial charge in [-0.05, 0) is 55.3 Å². The number of nitrogens with one attached hydrogen (secondary N) is 2. The highest BCUT2D eigenvalue weighted by molar-refractivity contribution is 7.93. The lowest BCUT2D eigenvalue weighted by atomic mass is 9.96. The lowest BCUT2D eigenvalue weighted by Gasteiger charge is -2.30. The Kier molecular flexibility index (Phi) is 5.62. The summed E-state index contributed by atoms with van der Waals surface area (Å²) in [6.07, 6.45) is 4.87. The van der Waals surface area contributed by atoms with E-state index in [9.17, 15) is 21.6 Å². The number of amides is 1. The van der Waals surface area contributed by atoms with Crippen LogP contribution in [0.4, 0.5) is 11.4 Å². The molecule has 1 fully saturated rings. The van der Waals surface area contributed by atoms with Gasteiger partial charge in [0.2, 0.25) is 10.0 Å². The van der Waals surface area contributed by atoms with Crippen LogP contribution >= 0.6 is 0 Å². The van der Waals surface area contributed by atoms with Crippen LogP contribution in [0.1, 0.15) is 42.5 Å². The molecule has 1 amide bonds. The van der Waals surface area contributed by atoms with Gasteiger partial charge in [-0.25, -0.2) is 16.8 Å². The molecule has 10 heteroatoms. The van der Waals surface area contributed by atoms with Crippen molar-refractivity contribution < 1.29 is 21.6 Å². The Morgan fingerprint density at radius 1 is 0.912 bits per heavy atom. The second-order valence-electron chi connectivity index (χ2n) is 8.74. The first-order valence-corrected chi connectivity index (χ1v) is 14.1. The average Bonchev–Trinajstić information content (AvgIpc) is 3.16. The van der Waals surface area contributed by atoms with Crippen molar-refractivity contribution >= 4 is 48.1 Å². The maximum Gasteiger partial charge on any atom is 0.262 e. The molecule has 1 saturated carbocycles. The Hall–Kier alpha value is -2.95. The molecule has 0 unspecified atom stereocenters. The van der Waals surface area contributed by atoms with Crippen molar-refractivity contribution in [3.05, 3.63) is 60.2 Å². The minimum Gasteiger partial charge on any atom is -0.321 e. The van der Waals surface area contributed by atoms with Crippen LogP contribution in [0.5, 0.6) is 0 Å². The summed E-state index contributed by atoms with van der Waals surface area (Å²) in [6.45, 7) is 0. The molecule has 2 aliphatic rings. The lowest BCUT2D eigenvalue weighted by Crippen LogP contribution is -2.38. The van der Waals surface area contributed by atoms with E-state index in [1.54, 1.807) is 31.3 Å². The van der Waals surface area contributed by atoms with Crippen molar-refractivity contribution in [1.82, 2.24) is 4.31 Å². The average molecular weight is 500 g/mol. The highest BCUT2D eigenvalue weighted by Gasteiger charge is 2.29. The van der Waals surface area contributed by atoms with Crippen molar-refractivity contribution in [2.45, 2.75) is 47.9 Å². The monoisotopic (exact) mass is 499 g/mol. The van der Waals surface area contributed by atoms with E-state index in [-0.39, 0.29) is 27.4 Å². The molecule has 3 aromatic rings. The number of carbonyl (C=O) groups is 1. The zero-order valence-electron chi connectivity index (χ0n) is 18.6. The molecule has 8 nitrogen and oxygen atoms in total. The van der Waals surface area contributed by atoms with Crippen LogP contribution in [0, 0.1) is 0 Å². The van der Waals surface area contributed by atoms with Gasteiger partial charge in [-0.2, -0.15) is 4.31 Å². The number of anilines is 2. The quantitative estimate of drug-likeness (QED) is 0.529. The number of sulfonamides is 2. The van der Waals surface area contributed by atoms with Gasteiger partial charge in [-0.3, -0.25) is 9.52 Å². The molecular formula is C24H25N3O5S2. The summed E-state index contributed by atoms with van der Waals surface area (Å²) in [6, 6.07) is 13.7. The van der Waals surface area contributed by atoms with E-state index in [4.69, 9.17) is 0 Å². The molecule has 1 heterocycles. The van der Waals surface area contributed by atoms with Crippen LogP contribution in [0.3, 0.4) is 0 Å². The maximum atomic E-state index is 13.2. The van der Waals surface area contributed by atoms with E-state index in [2.05, 4.69) is 10.0 Å². The van der Waals surface area contributed by atoms with Gasteiger partial charge in [0.1, 0.15) is 0 Å². The first-order valence-electron chi connectivity index (χ1n) is 11.2. The smallest absolute Gasteiger partial charge is 0.262 e. The van der Waals surface area contributed by atoms with Crippen LogP contribution in [0.2, 0.25) is 0 Å². The standard InChI is InChI=1S/C24H25N3O5S2/c1-27(17-6-3-2-4-7-17)34(31,32)18-12-10-16(11-13-18)26-33(29,30)22-15-14-21-23-19(22)8-5-9-20(23)24(28)25-21/h5,8-15,17,26H,2-4,6-7H2,1H3,(H,25,28). The van der Waals surface area contributed by atoms with E-state index in [1.807, 2.05) is 0 Å². The van der Waals surface area contributed by atoms with Crippen LogP contribution in [0.25, 0.3) is 10.8 Å². The third-order valence-electron chi connectivity index (χ3n) is 6.66. The van der Waals surface area contributed by atoms with Gasteiger partial charge in [0.15, 0.2) is 0 Å². The zero-order valence-corrected chi connectivity index (χ0v) is 20.2. The summed E-state index contributed by atoms with van der Waals surface area (Å²) in [5.74, 6) is -0.266. The van der Waals surface area contributed by atoms with Crippen LogP contribution in [-0.4, -0.2) is 40.1 Å². The van der Waals surface area contributed by atoms with E-state index >= 15 is 0 Å². The van der Waals surface area contributed by atoms with Gasteiger partial charge < -0.3 is 5.32 Å². The van der Waals surface area contributed by atoms with Gasteiger partial charge in [0.25, 0.3) is 15.9 Å². The Labute approximate surface area is 199 Å². The molecule has 2 N–H and O–H groups in total. The highest BCUT2D eigenvalue weighted by atomic mass is 32.2. The van der Waals surface area contributed by atoms with Crippen molar-refractivity contribution in [2.75, 3.05) is 17.1 Å². The van der Waals surface area contributed by atoms with E-state index in [0.29, 0.717) is 22.0 Å². The van der Waals surface area contributed by atoms with Crippen LogP contribution < -0.4 is 10.0 Å². The second kappa shape index (κ2) is 8.37. The molecule has 1 aliphatic heterocycles. The number of hydrogen-bond acceptors (Lipinski definition) is 5. The Morgan fingerprint density at radius 3 is 2.32 bits per heavy atom. The third-order valence-corrected chi connectivity index (χ3v) is 10.0. The lowest BCUT2D eigenvalue weighted by molar-refractivity contribution is 0.103. The fourth-order valence-corrected chi connectivity index (χ4v) is 7.49. The van der Waals surface area contributed by atoms with Crippen molar-refractivity contribution in [3.63, 3.8) is 0 Å². The van der Waals surface area contributed by atoms with Crippen LogP contribution in [0.15, 0.2) is 64.4 Å². The Balaban J connectivity index is 1.41. The van der Waals surface area contributed by atoms with Gasteiger partial charge in [0.05, 0.1) is 9.79 Å². The molecule has 0 aromatic heterocycles. The summed E-state index contributed by atoms with van der Waals surface area (Å²) >= 11 is 0. The van der Waals surface area contributed by atoms with Crippen LogP contribution in [-0.2, 0) is 20.0 Å². The predicted octanol–water partition coefficient (Wildman–Crippen LogP) is 4.16. The first kappa shape index (κ1) is 22.8. The molecule has 178 valence electrons. The summed E-state index contributed by atoms with van der Waals surface area (Å²) in [7, 11) is -6.06. The second-order valence-corrected chi connectivity index (χ2v) is 12.4. The molecule has 5 rings (SSSR count). The Bertz CT molecular complexity index is 1490. The van der Waals surface area contributed by atoms with Crippen molar-refractivity contribution in [3.8, 4) is 0 Å². The predicted molar refractivity (Wildman–Crippen MR) is 131 cm³/mol. The largest absolute Gasteiger partial charge is 0.321 e. The summed E-state index contributed by atoms with van der Waals surface area (Å²) in [5.41, 5.74) is 1.25.